The van der Waals surface area contributed by atoms with Crippen LogP contribution in [-0.4, -0.2) is 15.5 Å². The van der Waals surface area contributed by atoms with Crippen molar-refractivity contribution in [3.8, 4) is 0 Å². The summed E-state index contributed by atoms with van der Waals surface area (Å²) in [5.74, 6) is -1.33. The van der Waals surface area contributed by atoms with Gasteiger partial charge < -0.3 is 10.6 Å². The Morgan fingerprint density at radius 1 is 1.07 bits per heavy atom. The van der Waals surface area contributed by atoms with Gasteiger partial charge in [0, 0.05) is 23.1 Å². The number of amides is 1. The van der Waals surface area contributed by atoms with Crippen molar-refractivity contribution in [2.45, 2.75) is 20.4 Å². The average Bonchev–Trinajstić information content (AvgIpc) is 2.61. The molecule has 0 aliphatic rings. The number of nitrogens with one attached hydrogen (secondary N) is 2. The lowest BCUT2D eigenvalue weighted by Gasteiger charge is -2.14. The average molecular weight is 384 g/mol. The summed E-state index contributed by atoms with van der Waals surface area (Å²) in [4.78, 5) is 29.0. The van der Waals surface area contributed by atoms with Crippen LogP contribution in [0.15, 0.2) is 53.3 Å². The van der Waals surface area contributed by atoms with Gasteiger partial charge in [0.05, 0.1) is 0 Å². The summed E-state index contributed by atoms with van der Waals surface area (Å²) in [6, 6.07) is 11.3. The van der Waals surface area contributed by atoms with Crippen LogP contribution in [-0.2, 0) is 11.3 Å². The van der Waals surface area contributed by atoms with E-state index in [0.29, 0.717) is 16.9 Å². The van der Waals surface area contributed by atoms with Crippen molar-refractivity contribution in [3.63, 3.8) is 0 Å². The fourth-order valence-electron chi connectivity index (χ4n) is 2.58. The number of anilines is 3. The molecule has 1 amide bonds. The van der Waals surface area contributed by atoms with E-state index >= 15 is 0 Å². The number of aryl methyl sites for hydroxylation is 2. The Morgan fingerprint density at radius 3 is 2.57 bits per heavy atom. The van der Waals surface area contributed by atoms with Gasteiger partial charge in [-0.1, -0.05) is 12.1 Å². The van der Waals surface area contributed by atoms with Crippen molar-refractivity contribution >= 4 is 23.2 Å². The van der Waals surface area contributed by atoms with E-state index in [0.717, 1.165) is 4.57 Å². The third-order valence-corrected chi connectivity index (χ3v) is 3.97. The minimum atomic E-state index is -0.529. The largest absolute Gasteiger partial charge is 0.325 e. The summed E-state index contributed by atoms with van der Waals surface area (Å²) in [7, 11) is 0. The van der Waals surface area contributed by atoms with Gasteiger partial charge in [0.2, 0.25) is 11.9 Å². The molecule has 0 bridgehead atoms. The van der Waals surface area contributed by atoms with Gasteiger partial charge in [0.15, 0.2) is 0 Å². The summed E-state index contributed by atoms with van der Waals surface area (Å²) in [6.45, 7) is 2.90. The highest BCUT2D eigenvalue weighted by Gasteiger charge is 2.13. The summed E-state index contributed by atoms with van der Waals surface area (Å²) in [5.41, 5.74) is 1.12. The van der Waals surface area contributed by atoms with Gasteiger partial charge in [-0.15, -0.1) is 0 Å². The first-order chi connectivity index (χ1) is 13.3. The van der Waals surface area contributed by atoms with Gasteiger partial charge in [-0.25, -0.2) is 13.8 Å². The van der Waals surface area contributed by atoms with Crippen LogP contribution in [0.3, 0.4) is 0 Å². The van der Waals surface area contributed by atoms with Crippen molar-refractivity contribution in [3.05, 3.63) is 81.8 Å². The minimum Gasteiger partial charge on any atom is -0.325 e. The number of hydrogen-bond acceptors (Lipinski definition) is 4. The number of rotatable bonds is 5. The molecule has 0 atom stereocenters. The standard InChI is InChI=1S/C20H18F2N4O2/c1-12-6-7-16(10-17(12)22)24-18(27)11-26-19(28)8-13(2)23-20(26)25-15-5-3-4-14(21)9-15/h3-10H,11H2,1-2H3,(H,23,25)(H,24,27). The van der Waals surface area contributed by atoms with Crippen LogP contribution >= 0.6 is 0 Å². The number of carbonyl (C=O) groups excluding carboxylic acids is 1. The fraction of sp³-hybridized carbons (Fsp3) is 0.150. The van der Waals surface area contributed by atoms with E-state index < -0.39 is 23.1 Å². The second kappa shape index (κ2) is 7.99. The molecule has 144 valence electrons. The van der Waals surface area contributed by atoms with Crippen molar-refractivity contribution in [2.75, 3.05) is 10.6 Å². The lowest BCUT2D eigenvalue weighted by molar-refractivity contribution is -0.116. The highest BCUT2D eigenvalue weighted by molar-refractivity contribution is 5.90. The molecule has 8 heteroatoms. The predicted octanol–water partition coefficient (Wildman–Crippen LogP) is 3.52. The van der Waals surface area contributed by atoms with E-state index in [1.165, 1.54) is 30.3 Å². The molecule has 2 aromatic carbocycles. The topological polar surface area (TPSA) is 76.0 Å². The number of halogens is 2. The second-order valence-electron chi connectivity index (χ2n) is 6.29. The third-order valence-electron chi connectivity index (χ3n) is 3.97. The van der Waals surface area contributed by atoms with Crippen molar-refractivity contribution in [1.82, 2.24) is 9.55 Å². The number of benzene rings is 2. The summed E-state index contributed by atoms with van der Waals surface area (Å²) < 4.78 is 28.2. The lowest BCUT2D eigenvalue weighted by atomic mass is 10.2. The molecule has 0 fully saturated rings. The zero-order valence-electron chi connectivity index (χ0n) is 15.3. The lowest BCUT2D eigenvalue weighted by Crippen LogP contribution is -2.30. The maximum Gasteiger partial charge on any atom is 0.255 e. The minimum absolute atomic E-state index is 0.0980. The van der Waals surface area contributed by atoms with Crippen LogP contribution in [0, 0.1) is 25.5 Å². The van der Waals surface area contributed by atoms with Gasteiger partial charge in [0.25, 0.3) is 5.56 Å². The molecule has 0 aliphatic heterocycles. The summed E-state index contributed by atoms with van der Waals surface area (Å²) >= 11 is 0. The van der Waals surface area contributed by atoms with E-state index in [4.69, 9.17) is 0 Å². The van der Waals surface area contributed by atoms with Gasteiger partial charge in [-0.2, -0.15) is 0 Å². The van der Waals surface area contributed by atoms with Crippen LogP contribution in [0.25, 0.3) is 0 Å². The molecule has 6 nitrogen and oxygen atoms in total. The van der Waals surface area contributed by atoms with E-state index in [9.17, 15) is 18.4 Å². The Labute approximate surface area is 159 Å². The molecule has 3 rings (SSSR count). The number of hydrogen-bond donors (Lipinski definition) is 2. The molecule has 0 spiro atoms. The molecule has 0 unspecified atom stereocenters. The highest BCUT2D eigenvalue weighted by atomic mass is 19.1. The molecule has 28 heavy (non-hydrogen) atoms. The Bertz CT molecular complexity index is 1100. The van der Waals surface area contributed by atoms with Crippen LogP contribution in [0.2, 0.25) is 0 Å². The molecule has 0 saturated carbocycles. The third kappa shape index (κ3) is 4.59. The van der Waals surface area contributed by atoms with Crippen LogP contribution < -0.4 is 16.2 Å². The first kappa shape index (κ1) is 19.2. The quantitative estimate of drug-likeness (QED) is 0.706. The molecular weight excluding hydrogens is 366 g/mol. The smallest absolute Gasteiger partial charge is 0.255 e. The Morgan fingerprint density at radius 2 is 1.86 bits per heavy atom. The molecule has 1 heterocycles. The van der Waals surface area contributed by atoms with Crippen molar-refractivity contribution in [2.24, 2.45) is 0 Å². The number of aromatic nitrogens is 2. The molecular formula is C20H18F2N4O2. The molecule has 1 aromatic heterocycles. The molecule has 0 aliphatic carbocycles. The highest BCUT2D eigenvalue weighted by Crippen LogP contribution is 2.16. The van der Waals surface area contributed by atoms with Crippen LogP contribution in [0.5, 0.6) is 0 Å². The first-order valence-corrected chi connectivity index (χ1v) is 8.49. The zero-order chi connectivity index (χ0) is 20.3. The Kier molecular flexibility index (Phi) is 5.49. The van der Waals surface area contributed by atoms with Crippen molar-refractivity contribution < 1.29 is 13.6 Å². The monoisotopic (exact) mass is 384 g/mol. The summed E-state index contributed by atoms with van der Waals surface area (Å²) in [5, 5.41) is 5.40. The predicted molar refractivity (Wildman–Crippen MR) is 103 cm³/mol. The van der Waals surface area contributed by atoms with Gasteiger partial charge in [-0.05, 0) is 49.7 Å². The Balaban J connectivity index is 1.85. The summed E-state index contributed by atoms with van der Waals surface area (Å²) in [6.07, 6.45) is 0. The van der Waals surface area contributed by atoms with Crippen LogP contribution in [0.1, 0.15) is 11.3 Å². The van der Waals surface area contributed by atoms with E-state index in [1.807, 2.05) is 0 Å². The molecule has 0 saturated heterocycles. The van der Waals surface area contributed by atoms with E-state index in [1.54, 1.807) is 32.0 Å². The van der Waals surface area contributed by atoms with E-state index in [-0.39, 0.29) is 18.2 Å². The first-order valence-electron chi connectivity index (χ1n) is 8.49. The van der Waals surface area contributed by atoms with Gasteiger partial charge >= 0.3 is 0 Å². The maximum atomic E-state index is 13.6. The second-order valence-corrected chi connectivity index (χ2v) is 6.29. The SMILES string of the molecule is Cc1cc(=O)n(CC(=O)Nc2ccc(C)c(F)c2)c(Nc2cccc(F)c2)n1. The van der Waals surface area contributed by atoms with E-state index in [2.05, 4.69) is 15.6 Å². The number of nitrogens with zero attached hydrogens (tertiary/aromatic N) is 2. The zero-order valence-corrected chi connectivity index (χ0v) is 15.3. The molecule has 3 aromatic rings. The fourth-order valence-corrected chi connectivity index (χ4v) is 2.58. The van der Waals surface area contributed by atoms with Gasteiger partial charge in [0.1, 0.15) is 18.2 Å². The molecule has 2 N–H and O–H groups in total. The Hall–Kier alpha value is -3.55. The van der Waals surface area contributed by atoms with Crippen molar-refractivity contribution in [1.29, 1.82) is 0 Å². The normalized spacial score (nSPS) is 10.6. The number of carbonyl (C=O) groups is 1. The maximum absolute atomic E-state index is 13.6. The van der Waals surface area contributed by atoms with Crippen LogP contribution in [0.4, 0.5) is 26.1 Å². The van der Waals surface area contributed by atoms with Gasteiger partial charge in [-0.3, -0.25) is 14.2 Å². The molecule has 0 radical (unpaired) electrons.